The summed E-state index contributed by atoms with van der Waals surface area (Å²) in [5.74, 6) is 0.987. The van der Waals surface area contributed by atoms with Crippen LogP contribution in [0.1, 0.15) is 57.9 Å². The van der Waals surface area contributed by atoms with Crippen molar-refractivity contribution in [3.05, 3.63) is 24.3 Å². The fourth-order valence-electron chi connectivity index (χ4n) is 2.33. The van der Waals surface area contributed by atoms with E-state index in [4.69, 9.17) is 5.73 Å². The van der Waals surface area contributed by atoms with Gasteiger partial charge in [0, 0.05) is 12.2 Å². The Bertz CT molecular complexity index is 515. The van der Waals surface area contributed by atoms with E-state index in [-0.39, 0.29) is 6.04 Å². The van der Waals surface area contributed by atoms with Gasteiger partial charge in [0.05, 0.1) is 17.8 Å². The number of aromatic nitrogens is 3. The Labute approximate surface area is 108 Å². The SMILES string of the molecule is CCCCC(N)c1nc2cnccc2n1C(C)C. The van der Waals surface area contributed by atoms with Crippen LogP contribution in [0.4, 0.5) is 0 Å². The van der Waals surface area contributed by atoms with Crippen molar-refractivity contribution in [1.82, 2.24) is 14.5 Å². The quantitative estimate of drug-likeness (QED) is 0.881. The summed E-state index contributed by atoms with van der Waals surface area (Å²) in [6.45, 7) is 6.51. The lowest BCUT2D eigenvalue weighted by molar-refractivity contribution is 0.510. The van der Waals surface area contributed by atoms with Gasteiger partial charge < -0.3 is 10.3 Å². The average Bonchev–Trinajstić information content (AvgIpc) is 2.75. The van der Waals surface area contributed by atoms with Gasteiger partial charge >= 0.3 is 0 Å². The molecule has 18 heavy (non-hydrogen) atoms. The molecule has 0 spiro atoms. The maximum absolute atomic E-state index is 6.28. The number of imidazole rings is 1. The van der Waals surface area contributed by atoms with Gasteiger partial charge in [0.2, 0.25) is 0 Å². The average molecular weight is 246 g/mol. The summed E-state index contributed by atoms with van der Waals surface area (Å²) in [7, 11) is 0. The van der Waals surface area contributed by atoms with E-state index in [9.17, 15) is 0 Å². The van der Waals surface area contributed by atoms with Crippen LogP contribution in [0, 0.1) is 0 Å². The fourth-order valence-corrected chi connectivity index (χ4v) is 2.33. The first-order chi connectivity index (χ1) is 8.65. The second-order valence-corrected chi connectivity index (χ2v) is 5.05. The molecule has 0 aromatic carbocycles. The summed E-state index contributed by atoms with van der Waals surface area (Å²) in [6, 6.07) is 2.39. The van der Waals surface area contributed by atoms with E-state index in [0.29, 0.717) is 6.04 Å². The molecule has 0 radical (unpaired) electrons. The summed E-state index contributed by atoms with van der Waals surface area (Å²) in [4.78, 5) is 8.79. The molecule has 4 heteroatoms. The first-order valence-electron chi connectivity index (χ1n) is 6.72. The van der Waals surface area contributed by atoms with E-state index in [2.05, 4.69) is 35.3 Å². The van der Waals surface area contributed by atoms with Crippen LogP contribution < -0.4 is 5.73 Å². The molecule has 0 aliphatic rings. The third-order valence-corrected chi connectivity index (χ3v) is 3.24. The molecule has 2 N–H and O–H groups in total. The topological polar surface area (TPSA) is 56.7 Å². The molecule has 1 atom stereocenters. The van der Waals surface area contributed by atoms with Gasteiger partial charge in [-0.2, -0.15) is 0 Å². The van der Waals surface area contributed by atoms with Crippen molar-refractivity contribution >= 4 is 11.0 Å². The Kier molecular flexibility index (Phi) is 3.97. The van der Waals surface area contributed by atoms with Crippen LogP contribution in [0.25, 0.3) is 11.0 Å². The molecule has 98 valence electrons. The lowest BCUT2D eigenvalue weighted by Crippen LogP contribution is -2.17. The van der Waals surface area contributed by atoms with Gasteiger partial charge in [0.25, 0.3) is 0 Å². The summed E-state index contributed by atoms with van der Waals surface area (Å²) in [5, 5.41) is 0. The summed E-state index contributed by atoms with van der Waals surface area (Å²) >= 11 is 0. The van der Waals surface area contributed by atoms with Gasteiger partial charge in [-0.25, -0.2) is 4.98 Å². The molecule has 2 rings (SSSR count). The number of hydrogen-bond donors (Lipinski definition) is 1. The van der Waals surface area contributed by atoms with Crippen LogP contribution in [0.5, 0.6) is 0 Å². The summed E-state index contributed by atoms with van der Waals surface area (Å²) < 4.78 is 2.23. The molecule has 0 amide bonds. The fraction of sp³-hybridized carbons (Fsp3) is 0.571. The van der Waals surface area contributed by atoms with Crippen LogP contribution in [0.2, 0.25) is 0 Å². The number of hydrogen-bond acceptors (Lipinski definition) is 3. The van der Waals surface area contributed by atoms with Crippen molar-refractivity contribution in [2.45, 2.75) is 52.1 Å². The standard InChI is InChI=1S/C14H22N4/c1-4-5-6-11(15)14-17-12-9-16-8-7-13(12)18(14)10(2)3/h7-11H,4-6,15H2,1-3H3. The number of nitrogens with two attached hydrogens (primary N) is 1. The maximum Gasteiger partial charge on any atom is 0.127 e. The Balaban J connectivity index is 2.45. The molecule has 0 aliphatic carbocycles. The maximum atomic E-state index is 6.28. The van der Waals surface area contributed by atoms with E-state index in [0.717, 1.165) is 36.1 Å². The van der Waals surface area contributed by atoms with Gasteiger partial charge in [-0.15, -0.1) is 0 Å². The predicted octanol–water partition coefficient (Wildman–Crippen LogP) is 3.20. The normalized spacial score (nSPS) is 13.4. The highest BCUT2D eigenvalue weighted by atomic mass is 15.1. The zero-order chi connectivity index (χ0) is 13.1. The highest BCUT2D eigenvalue weighted by molar-refractivity contribution is 5.75. The second-order valence-electron chi connectivity index (χ2n) is 5.05. The van der Waals surface area contributed by atoms with Crippen molar-refractivity contribution < 1.29 is 0 Å². The lowest BCUT2D eigenvalue weighted by Gasteiger charge is -2.17. The smallest absolute Gasteiger partial charge is 0.127 e. The van der Waals surface area contributed by atoms with Gasteiger partial charge in [-0.05, 0) is 26.3 Å². The molecular formula is C14H22N4. The number of pyridine rings is 1. The highest BCUT2D eigenvalue weighted by Gasteiger charge is 2.18. The number of nitrogens with zero attached hydrogens (tertiary/aromatic N) is 3. The monoisotopic (exact) mass is 246 g/mol. The van der Waals surface area contributed by atoms with E-state index in [1.807, 2.05) is 18.5 Å². The Hall–Kier alpha value is -1.42. The molecule has 0 bridgehead atoms. The lowest BCUT2D eigenvalue weighted by atomic mass is 10.1. The third-order valence-electron chi connectivity index (χ3n) is 3.24. The Morgan fingerprint density at radius 1 is 1.39 bits per heavy atom. The number of fused-ring (bicyclic) bond motifs is 1. The summed E-state index contributed by atoms with van der Waals surface area (Å²) in [5.41, 5.74) is 8.34. The highest BCUT2D eigenvalue weighted by Crippen LogP contribution is 2.25. The van der Waals surface area contributed by atoms with E-state index in [1.54, 1.807) is 0 Å². The first-order valence-corrected chi connectivity index (χ1v) is 6.72. The zero-order valence-electron chi connectivity index (χ0n) is 11.4. The Morgan fingerprint density at radius 3 is 2.83 bits per heavy atom. The molecule has 2 heterocycles. The largest absolute Gasteiger partial charge is 0.324 e. The molecule has 2 aromatic heterocycles. The van der Waals surface area contributed by atoms with Gasteiger partial charge in [-0.3, -0.25) is 4.98 Å². The van der Waals surface area contributed by atoms with Crippen LogP contribution in [-0.4, -0.2) is 14.5 Å². The molecule has 0 fully saturated rings. The van der Waals surface area contributed by atoms with E-state index < -0.39 is 0 Å². The van der Waals surface area contributed by atoms with Gasteiger partial charge in [-0.1, -0.05) is 19.8 Å². The third kappa shape index (κ3) is 2.38. The molecule has 4 nitrogen and oxygen atoms in total. The Morgan fingerprint density at radius 2 is 2.17 bits per heavy atom. The molecule has 0 saturated carbocycles. The minimum atomic E-state index is 0.0137. The van der Waals surface area contributed by atoms with Gasteiger partial charge in [0.1, 0.15) is 11.3 Å². The van der Waals surface area contributed by atoms with Crippen molar-refractivity contribution in [2.24, 2.45) is 5.73 Å². The minimum absolute atomic E-state index is 0.0137. The van der Waals surface area contributed by atoms with Crippen LogP contribution in [-0.2, 0) is 0 Å². The number of rotatable bonds is 5. The molecule has 1 unspecified atom stereocenters. The van der Waals surface area contributed by atoms with Crippen molar-refractivity contribution in [1.29, 1.82) is 0 Å². The van der Waals surface area contributed by atoms with Gasteiger partial charge in [0.15, 0.2) is 0 Å². The molecule has 0 saturated heterocycles. The zero-order valence-corrected chi connectivity index (χ0v) is 11.4. The van der Waals surface area contributed by atoms with Crippen LogP contribution >= 0.6 is 0 Å². The van der Waals surface area contributed by atoms with Crippen molar-refractivity contribution in [2.75, 3.05) is 0 Å². The predicted molar refractivity (Wildman–Crippen MR) is 74.4 cm³/mol. The molecule has 2 aromatic rings. The molecular weight excluding hydrogens is 224 g/mol. The summed E-state index contributed by atoms with van der Waals surface area (Å²) in [6.07, 6.45) is 6.91. The van der Waals surface area contributed by atoms with E-state index >= 15 is 0 Å². The van der Waals surface area contributed by atoms with Crippen molar-refractivity contribution in [3.63, 3.8) is 0 Å². The molecule has 0 aliphatic heterocycles. The van der Waals surface area contributed by atoms with Crippen molar-refractivity contribution in [3.8, 4) is 0 Å². The second kappa shape index (κ2) is 5.48. The number of unbranched alkanes of at least 4 members (excludes halogenated alkanes) is 1. The van der Waals surface area contributed by atoms with E-state index in [1.165, 1.54) is 0 Å². The first kappa shape index (κ1) is 13.0. The minimum Gasteiger partial charge on any atom is -0.324 e. The van der Waals surface area contributed by atoms with Crippen LogP contribution in [0.15, 0.2) is 18.5 Å². The van der Waals surface area contributed by atoms with Crippen LogP contribution in [0.3, 0.4) is 0 Å².